The normalized spacial score (nSPS) is 11.1. The average Bonchev–Trinajstić information content (AvgIpc) is 3.13. The number of phenolic OH excluding ortho intramolecular Hbond substituents is 2. The number of fused-ring (bicyclic) bond motifs is 1. The molecule has 4 aromatic rings. The van der Waals surface area contributed by atoms with Crippen molar-refractivity contribution >= 4 is 22.4 Å². The largest absolute Gasteiger partial charge is 0.508 e. The third kappa shape index (κ3) is 3.97. The number of hydrogen-bond acceptors (Lipinski definition) is 7. The lowest BCUT2D eigenvalue weighted by molar-refractivity contribution is 0.291. The molecule has 0 fully saturated rings. The Morgan fingerprint density at radius 3 is 2.45 bits per heavy atom. The molecule has 0 amide bonds. The molecule has 0 aliphatic heterocycles. The van der Waals surface area contributed by atoms with Crippen LogP contribution in [-0.4, -0.2) is 48.2 Å². The lowest BCUT2D eigenvalue weighted by Crippen LogP contribution is -2.19. The Hall–Kier alpha value is -3.65. The van der Waals surface area contributed by atoms with E-state index in [2.05, 4.69) is 10.1 Å². The maximum atomic E-state index is 9.89. The van der Waals surface area contributed by atoms with Crippen molar-refractivity contribution in [2.24, 2.45) is 7.05 Å². The number of aliphatic hydroxyl groups is 1. The van der Waals surface area contributed by atoms with E-state index in [9.17, 15) is 15.3 Å². The maximum absolute atomic E-state index is 9.89. The number of aryl methyl sites for hydroxylation is 1. The van der Waals surface area contributed by atoms with Crippen LogP contribution in [0.1, 0.15) is 6.42 Å². The summed E-state index contributed by atoms with van der Waals surface area (Å²) in [5.74, 6) is -0.0677. The van der Waals surface area contributed by atoms with Crippen LogP contribution < -0.4 is 4.90 Å². The van der Waals surface area contributed by atoms with Crippen LogP contribution in [0.4, 0.5) is 11.4 Å². The topological polar surface area (TPSA) is 108 Å². The fraction of sp³-hybridized carbons (Fsp3) is 0.190. The molecular formula is C21H21N5O3. The van der Waals surface area contributed by atoms with Crippen molar-refractivity contribution in [1.29, 1.82) is 0 Å². The summed E-state index contributed by atoms with van der Waals surface area (Å²) in [5, 5.41) is 33.2. The van der Waals surface area contributed by atoms with Crippen LogP contribution in [0.15, 0.2) is 55.0 Å². The van der Waals surface area contributed by atoms with Crippen LogP contribution in [0.3, 0.4) is 0 Å². The molecule has 0 atom stereocenters. The van der Waals surface area contributed by atoms with Crippen molar-refractivity contribution in [3.05, 3.63) is 55.0 Å². The van der Waals surface area contributed by atoms with Crippen molar-refractivity contribution < 1.29 is 15.3 Å². The second-order valence-electron chi connectivity index (χ2n) is 6.77. The highest BCUT2D eigenvalue weighted by Crippen LogP contribution is 2.33. The molecule has 4 rings (SSSR count). The molecule has 0 radical (unpaired) electrons. The van der Waals surface area contributed by atoms with E-state index in [0.29, 0.717) is 24.2 Å². The second-order valence-corrected chi connectivity index (χ2v) is 6.77. The van der Waals surface area contributed by atoms with Gasteiger partial charge in [-0.1, -0.05) is 0 Å². The zero-order valence-electron chi connectivity index (χ0n) is 15.9. The second kappa shape index (κ2) is 7.76. The van der Waals surface area contributed by atoms with E-state index >= 15 is 0 Å². The van der Waals surface area contributed by atoms with Crippen LogP contribution in [0, 0.1) is 0 Å². The van der Waals surface area contributed by atoms with Gasteiger partial charge in [0.05, 0.1) is 29.1 Å². The van der Waals surface area contributed by atoms with Crippen LogP contribution in [0.25, 0.3) is 22.3 Å². The first-order valence-electron chi connectivity index (χ1n) is 9.21. The highest BCUT2D eigenvalue weighted by Gasteiger charge is 2.13. The molecule has 0 aliphatic rings. The SMILES string of the molecule is Cn1cc(-c2cnc3ccc(N(CCCO)c4cc(O)cc(O)c4)cc3n2)cn1. The van der Waals surface area contributed by atoms with Crippen molar-refractivity contribution in [2.75, 3.05) is 18.1 Å². The van der Waals surface area contributed by atoms with Crippen molar-refractivity contribution in [2.45, 2.75) is 6.42 Å². The van der Waals surface area contributed by atoms with Gasteiger partial charge in [0.25, 0.3) is 0 Å². The molecule has 0 saturated carbocycles. The number of anilines is 2. The Kier molecular flexibility index (Phi) is 5.01. The lowest BCUT2D eigenvalue weighted by atomic mass is 10.2. The van der Waals surface area contributed by atoms with Gasteiger partial charge < -0.3 is 20.2 Å². The maximum Gasteiger partial charge on any atom is 0.121 e. The van der Waals surface area contributed by atoms with E-state index in [1.54, 1.807) is 29.2 Å². The van der Waals surface area contributed by atoms with Gasteiger partial charge in [-0.05, 0) is 24.6 Å². The average molecular weight is 391 g/mol. The highest BCUT2D eigenvalue weighted by molar-refractivity contribution is 5.82. The Bertz CT molecular complexity index is 1140. The molecule has 2 heterocycles. The Labute approximate surface area is 167 Å². The first-order chi connectivity index (χ1) is 14.0. The number of phenols is 2. The quantitative estimate of drug-likeness (QED) is 0.464. The molecule has 3 N–H and O–H groups in total. The standard InChI is InChI=1S/C21H21N5O3/c1-25-13-14(11-23-25)21-12-22-19-4-3-15(9-20(19)24-21)26(5-2-6-27)16-7-17(28)10-18(29)8-16/h3-4,7-13,27-29H,2,5-6H2,1H3. The summed E-state index contributed by atoms with van der Waals surface area (Å²) in [6.45, 7) is 0.528. The van der Waals surface area contributed by atoms with Crippen LogP contribution in [-0.2, 0) is 7.05 Å². The van der Waals surface area contributed by atoms with Gasteiger partial charge in [-0.3, -0.25) is 9.67 Å². The number of rotatable bonds is 6. The van der Waals surface area contributed by atoms with E-state index < -0.39 is 0 Å². The van der Waals surface area contributed by atoms with E-state index in [4.69, 9.17) is 4.98 Å². The first kappa shape index (κ1) is 18.7. The van der Waals surface area contributed by atoms with E-state index in [1.165, 1.54) is 6.07 Å². The molecule has 0 aliphatic carbocycles. The molecule has 148 valence electrons. The summed E-state index contributed by atoms with van der Waals surface area (Å²) in [4.78, 5) is 11.1. The van der Waals surface area contributed by atoms with Crippen LogP contribution in [0.5, 0.6) is 11.5 Å². The van der Waals surface area contributed by atoms with E-state index in [-0.39, 0.29) is 18.1 Å². The minimum absolute atomic E-state index is 0.0276. The summed E-state index contributed by atoms with van der Waals surface area (Å²) >= 11 is 0. The molecule has 0 saturated heterocycles. The van der Waals surface area contributed by atoms with Gasteiger partial charge in [0, 0.05) is 61.5 Å². The van der Waals surface area contributed by atoms with Crippen LogP contribution >= 0.6 is 0 Å². The van der Waals surface area contributed by atoms with E-state index in [1.807, 2.05) is 36.3 Å². The minimum Gasteiger partial charge on any atom is -0.508 e. The van der Waals surface area contributed by atoms with Crippen molar-refractivity contribution in [1.82, 2.24) is 19.7 Å². The van der Waals surface area contributed by atoms with Crippen LogP contribution in [0.2, 0.25) is 0 Å². The monoisotopic (exact) mass is 391 g/mol. The van der Waals surface area contributed by atoms with Gasteiger partial charge in [0.1, 0.15) is 11.5 Å². The molecular weight excluding hydrogens is 370 g/mol. The number of hydrogen-bond donors (Lipinski definition) is 3. The Morgan fingerprint density at radius 1 is 0.966 bits per heavy atom. The predicted molar refractivity (Wildman–Crippen MR) is 110 cm³/mol. The molecule has 29 heavy (non-hydrogen) atoms. The summed E-state index contributed by atoms with van der Waals surface area (Å²) < 4.78 is 1.71. The minimum atomic E-state index is -0.0338. The summed E-state index contributed by atoms with van der Waals surface area (Å²) in [5.41, 5.74) is 4.49. The van der Waals surface area contributed by atoms with Crippen molar-refractivity contribution in [3.8, 4) is 22.8 Å². The predicted octanol–water partition coefficient (Wildman–Crippen LogP) is 2.96. The van der Waals surface area contributed by atoms with Crippen molar-refractivity contribution in [3.63, 3.8) is 0 Å². The zero-order chi connectivity index (χ0) is 20.4. The van der Waals surface area contributed by atoms with E-state index in [0.717, 1.165) is 22.5 Å². The molecule has 8 heteroatoms. The molecule has 0 bridgehead atoms. The van der Waals surface area contributed by atoms with Gasteiger partial charge in [-0.2, -0.15) is 5.10 Å². The zero-order valence-corrected chi connectivity index (χ0v) is 15.9. The Morgan fingerprint density at radius 2 is 1.76 bits per heavy atom. The Balaban J connectivity index is 1.78. The number of nitrogens with zero attached hydrogens (tertiary/aromatic N) is 5. The molecule has 2 aromatic carbocycles. The highest BCUT2D eigenvalue weighted by atomic mass is 16.3. The third-order valence-corrected chi connectivity index (χ3v) is 4.58. The number of aromatic hydroxyl groups is 2. The first-order valence-corrected chi connectivity index (χ1v) is 9.21. The van der Waals surface area contributed by atoms with Gasteiger partial charge in [-0.15, -0.1) is 0 Å². The summed E-state index contributed by atoms with van der Waals surface area (Å²) in [7, 11) is 1.85. The lowest BCUT2D eigenvalue weighted by Gasteiger charge is -2.25. The number of aliphatic hydroxyl groups excluding tert-OH is 1. The smallest absolute Gasteiger partial charge is 0.121 e. The van der Waals surface area contributed by atoms with Gasteiger partial charge in [-0.25, -0.2) is 4.98 Å². The number of benzene rings is 2. The summed E-state index contributed by atoms with van der Waals surface area (Å²) in [6.07, 6.45) is 5.86. The van der Waals surface area contributed by atoms with Gasteiger partial charge in [0.2, 0.25) is 0 Å². The van der Waals surface area contributed by atoms with Gasteiger partial charge >= 0.3 is 0 Å². The molecule has 2 aromatic heterocycles. The molecule has 0 unspecified atom stereocenters. The number of aromatic nitrogens is 4. The molecule has 0 spiro atoms. The fourth-order valence-corrected chi connectivity index (χ4v) is 3.23. The fourth-order valence-electron chi connectivity index (χ4n) is 3.23. The molecule has 8 nitrogen and oxygen atoms in total. The van der Waals surface area contributed by atoms with Gasteiger partial charge in [0.15, 0.2) is 0 Å². The summed E-state index contributed by atoms with van der Waals surface area (Å²) in [6, 6.07) is 10.1. The third-order valence-electron chi connectivity index (χ3n) is 4.58.